The maximum Gasteiger partial charge on any atom is 0.255 e. The van der Waals surface area contributed by atoms with Gasteiger partial charge in [-0.3, -0.25) is 4.79 Å². The summed E-state index contributed by atoms with van der Waals surface area (Å²) < 4.78 is 30.5. The van der Waals surface area contributed by atoms with Gasteiger partial charge in [0.05, 0.1) is 11.3 Å². The quantitative estimate of drug-likeness (QED) is 0.593. The summed E-state index contributed by atoms with van der Waals surface area (Å²) >= 11 is 5.88. The summed E-state index contributed by atoms with van der Waals surface area (Å²) in [6.45, 7) is 2.65. The molecule has 0 saturated carbocycles. The first-order valence-electron chi connectivity index (χ1n) is 9.02. The van der Waals surface area contributed by atoms with Crippen LogP contribution in [0.5, 0.6) is 5.75 Å². The molecule has 0 atom stereocenters. The third kappa shape index (κ3) is 6.51. The Morgan fingerprint density at radius 2 is 1.82 bits per heavy atom. The Morgan fingerprint density at radius 3 is 2.50 bits per heavy atom. The molecule has 0 aromatic heterocycles. The number of nitrogens with zero attached hydrogens (tertiary/aromatic N) is 1. The van der Waals surface area contributed by atoms with Crippen molar-refractivity contribution < 1.29 is 17.9 Å². The van der Waals surface area contributed by atoms with Crippen molar-refractivity contribution in [2.45, 2.75) is 20.0 Å². The average Bonchev–Trinajstić information content (AvgIpc) is 2.70. The molecular weight excluding hydrogens is 400 g/mol. The molecule has 1 amide bonds. The zero-order valence-corrected chi connectivity index (χ0v) is 17.6. The highest BCUT2D eigenvalue weighted by Crippen LogP contribution is 2.20. The van der Waals surface area contributed by atoms with Crippen LogP contribution >= 0.6 is 11.6 Å². The summed E-state index contributed by atoms with van der Waals surface area (Å²) in [6, 6.07) is 14.3. The molecule has 0 heterocycles. The van der Waals surface area contributed by atoms with Gasteiger partial charge in [0.15, 0.2) is 0 Å². The Kier molecular flexibility index (Phi) is 8.29. The summed E-state index contributed by atoms with van der Waals surface area (Å²) in [6.07, 6.45) is 0.523. The molecule has 6 nitrogen and oxygen atoms in total. The van der Waals surface area contributed by atoms with E-state index in [0.29, 0.717) is 42.5 Å². The third-order valence-electron chi connectivity index (χ3n) is 4.21. The first-order valence-corrected chi connectivity index (χ1v) is 11.0. The van der Waals surface area contributed by atoms with Crippen molar-refractivity contribution in [3.05, 3.63) is 64.7 Å². The van der Waals surface area contributed by atoms with Gasteiger partial charge >= 0.3 is 0 Å². The minimum atomic E-state index is -3.20. The molecule has 8 heteroatoms. The van der Waals surface area contributed by atoms with E-state index in [1.165, 1.54) is 4.31 Å². The fourth-order valence-electron chi connectivity index (χ4n) is 2.48. The van der Waals surface area contributed by atoms with Gasteiger partial charge in [-0.25, -0.2) is 12.7 Å². The number of benzene rings is 2. The Labute approximate surface area is 171 Å². The number of hydrogen-bond donors (Lipinski definition) is 1. The molecule has 1 N–H and O–H groups in total. The van der Waals surface area contributed by atoms with E-state index in [9.17, 15) is 13.2 Å². The molecule has 0 unspecified atom stereocenters. The lowest BCUT2D eigenvalue weighted by atomic mass is 10.2. The molecule has 28 heavy (non-hydrogen) atoms. The minimum absolute atomic E-state index is 0.0637. The van der Waals surface area contributed by atoms with Crippen LogP contribution in [0.1, 0.15) is 29.3 Å². The number of ether oxygens (including phenoxy) is 1. The van der Waals surface area contributed by atoms with E-state index >= 15 is 0 Å². The standard InChI is InChI=1S/C20H25ClN2O4S/c1-3-28(25,26)23(2)14-6-13-22-20(24)18-7-4-5-8-19(18)27-15-16-9-11-17(21)12-10-16/h4-5,7-12H,3,6,13-15H2,1-2H3,(H,22,24). The second-order valence-electron chi connectivity index (χ2n) is 6.24. The van der Waals surface area contributed by atoms with Crippen molar-refractivity contribution in [3.8, 4) is 5.75 Å². The predicted octanol–water partition coefficient (Wildman–Crippen LogP) is 3.32. The number of amides is 1. The molecular formula is C20H25ClN2O4S. The van der Waals surface area contributed by atoms with Gasteiger partial charge < -0.3 is 10.1 Å². The van der Waals surface area contributed by atoms with Crippen LogP contribution < -0.4 is 10.1 Å². The van der Waals surface area contributed by atoms with E-state index in [1.807, 2.05) is 12.1 Å². The maximum atomic E-state index is 12.5. The van der Waals surface area contributed by atoms with Crippen LogP contribution in [-0.2, 0) is 16.6 Å². The lowest BCUT2D eigenvalue weighted by Gasteiger charge is -2.16. The number of nitrogens with one attached hydrogen (secondary N) is 1. The molecule has 152 valence electrons. The van der Waals surface area contributed by atoms with Crippen molar-refractivity contribution in [1.82, 2.24) is 9.62 Å². The molecule has 0 saturated heterocycles. The summed E-state index contributed by atoms with van der Waals surface area (Å²) in [5.41, 5.74) is 1.38. The summed E-state index contributed by atoms with van der Waals surface area (Å²) in [7, 11) is -1.66. The second kappa shape index (κ2) is 10.5. The SMILES string of the molecule is CCS(=O)(=O)N(C)CCCNC(=O)c1ccccc1OCc1ccc(Cl)cc1. The third-order valence-corrected chi connectivity index (χ3v) is 6.33. The van der Waals surface area contributed by atoms with Gasteiger partial charge in [0.1, 0.15) is 12.4 Å². The number of halogens is 1. The molecule has 0 radical (unpaired) electrons. The van der Waals surface area contributed by atoms with Crippen LogP contribution in [0.25, 0.3) is 0 Å². The predicted molar refractivity (Wildman–Crippen MR) is 111 cm³/mol. The largest absolute Gasteiger partial charge is 0.488 e. The van der Waals surface area contributed by atoms with Crippen molar-refractivity contribution in [3.63, 3.8) is 0 Å². The highest BCUT2D eigenvalue weighted by molar-refractivity contribution is 7.89. The van der Waals surface area contributed by atoms with Crippen LogP contribution in [0.2, 0.25) is 5.02 Å². The van der Waals surface area contributed by atoms with Gasteiger partial charge in [-0.05, 0) is 43.2 Å². The highest BCUT2D eigenvalue weighted by atomic mass is 35.5. The van der Waals surface area contributed by atoms with Crippen LogP contribution in [-0.4, -0.2) is 44.5 Å². The monoisotopic (exact) mass is 424 g/mol. The van der Waals surface area contributed by atoms with Gasteiger partial charge in [0.2, 0.25) is 10.0 Å². The molecule has 0 aliphatic heterocycles. The summed E-state index contributed by atoms with van der Waals surface area (Å²) in [5.74, 6) is 0.294. The second-order valence-corrected chi connectivity index (χ2v) is 9.04. The van der Waals surface area contributed by atoms with E-state index in [-0.39, 0.29) is 11.7 Å². The van der Waals surface area contributed by atoms with Gasteiger partial charge in [-0.15, -0.1) is 0 Å². The van der Waals surface area contributed by atoms with Gasteiger partial charge in [-0.1, -0.05) is 35.9 Å². The molecule has 2 aromatic rings. The molecule has 2 aromatic carbocycles. The maximum absolute atomic E-state index is 12.5. The summed E-state index contributed by atoms with van der Waals surface area (Å²) in [4.78, 5) is 12.5. The molecule has 0 fully saturated rings. The van der Waals surface area contributed by atoms with Crippen LogP contribution in [0, 0.1) is 0 Å². The fraction of sp³-hybridized carbons (Fsp3) is 0.350. The van der Waals surface area contributed by atoms with E-state index in [2.05, 4.69) is 5.32 Å². The Balaban J connectivity index is 1.88. The van der Waals surface area contributed by atoms with E-state index in [4.69, 9.17) is 16.3 Å². The van der Waals surface area contributed by atoms with Crippen LogP contribution in [0.4, 0.5) is 0 Å². The van der Waals surface area contributed by atoms with E-state index < -0.39 is 10.0 Å². The Bertz CT molecular complexity index is 885. The van der Waals surface area contributed by atoms with Crippen molar-refractivity contribution in [2.24, 2.45) is 0 Å². The van der Waals surface area contributed by atoms with Gasteiger partial charge in [-0.2, -0.15) is 0 Å². The average molecular weight is 425 g/mol. The van der Waals surface area contributed by atoms with Gasteiger partial charge in [0, 0.05) is 25.2 Å². The topological polar surface area (TPSA) is 75.7 Å². The van der Waals surface area contributed by atoms with E-state index in [0.717, 1.165) is 5.56 Å². The first-order chi connectivity index (χ1) is 13.3. The lowest BCUT2D eigenvalue weighted by molar-refractivity contribution is 0.0948. The smallest absolute Gasteiger partial charge is 0.255 e. The first kappa shape index (κ1) is 22.2. The lowest BCUT2D eigenvalue weighted by Crippen LogP contribution is -2.32. The number of carbonyl (C=O) groups is 1. The number of hydrogen-bond acceptors (Lipinski definition) is 4. The molecule has 0 aliphatic carbocycles. The summed E-state index contributed by atoms with van der Waals surface area (Å²) in [5, 5.41) is 3.47. The molecule has 2 rings (SSSR count). The number of rotatable bonds is 10. The molecule has 0 spiro atoms. The number of carbonyl (C=O) groups excluding carboxylic acids is 1. The minimum Gasteiger partial charge on any atom is -0.488 e. The Hall–Kier alpha value is -2.09. The van der Waals surface area contributed by atoms with Crippen molar-refractivity contribution >= 4 is 27.5 Å². The van der Waals surface area contributed by atoms with Crippen LogP contribution in [0.3, 0.4) is 0 Å². The Morgan fingerprint density at radius 1 is 1.14 bits per heavy atom. The van der Waals surface area contributed by atoms with E-state index in [1.54, 1.807) is 50.4 Å². The zero-order valence-electron chi connectivity index (χ0n) is 16.0. The van der Waals surface area contributed by atoms with Crippen LogP contribution in [0.15, 0.2) is 48.5 Å². The highest BCUT2D eigenvalue weighted by Gasteiger charge is 2.15. The fourth-order valence-corrected chi connectivity index (χ4v) is 3.45. The van der Waals surface area contributed by atoms with Gasteiger partial charge in [0.25, 0.3) is 5.91 Å². The van der Waals surface area contributed by atoms with Crippen molar-refractivity contribution in [1.29, 1.82) is 0 Å². The molecule has 0 bridgehead atoms. The number of sulfonamides is 1. The molecule has 0 aliphatic rings. The zero-order chi connectivity index (χ0) is 20.6. The normalized spacial score (nSPS) is 11.4. The van der Waals surface area contributed by atoms with Crippen molar-refractivity contribution in [2.75, 3.05) is 25.9 Å². The number of para-hydroxylation sites is 1.